The molecule has 1 aromatic rings. The number of aliphatic hydroxyl groups is 1. The predicted octanol–water partition coefficient (Wildman–Crippen LogP) is 2.26. The minimum absolute atomic E-state index is 0.0532. The number of hydrogen-bond donors (Lipinski definition) is 1. The molecule has 4 fully saturated rings. The minimum Gasteiger partial charge on any atom is -0.461 e. The van der Waals surface area contributed by atoms with Crippen molar-refractivity contribution in [1.82, 2.24) is 14.7 Å². The summed E-state index contributed by atoms with van der Waals surface area (Å²) in [6.45, 7) is 11.6. The molecule has 3 unspecified atom stereocenters. The second kappa shape index (κ2) is 13.0. The van der Waals surface area contributed by atoms with Gasteiger partial charge in [-0.3, -0.25) is 19.3 Å². The molecule has 1 aromatic carbocycles. The van der Waals surface area contributed by atoms with Crippen LogP contribution in [0, 0.1) is 11.8 Å². The number of thioether (sulfide) groups is 1. The van der Waals surface area contributed by atoms with E-state index in [9.17, 15) is 19.5 Å². The summed E-state index contributed by atoms with van der Waals surface area (Å²) in [5, 5.41) is 10.5. The molecule has 0 saturated carbocycles. The predicted molar refractivity (Wildman–Crippen MR) is 161 cm³/mol. The number of hydrogen-bond acceptors (Lipinski definition) is 8. The van der Waals surface area contributed by atoms with Crippen LogP contribution in [-0.2, 0) is 23.9 Å². The summed E-state index contributed by atoms with van der Waals surface area (Å²) in [5.41, 5.74) is 0.738. The van der Waals surface area contributed by atoms with E-state index >= 15 is 0 Å². The minimum atomic E-state index is -0.866. The Morgan fingerprint density at radius 2 is 1.98 bits per heavy atom. The van der Waals surface area contributed by atoms with Gasteiger partial charge in [-0.1, -0.05) is 65.0 Å². The summed E-state index contributed by atoms with van der Waals surface area (Å²) in [6.07, 6.45) is 3.76. The van der Waals surface area contributed by atoms with E-state index in [0.29, 0.717) is 39.3 Å². The van der Waals surface area contributed by atoms with Crippen LogP contribution in [0.25, 0.3) is 0 Å². The lowest BCUT2D eigenvalue weighted by atomic mass is 9.71. The fraction of sp³-hybridized carbons (Fsp3) is 0.567. The molecule has 0 aromatic heterocycles. The maximum absolute atomic E-state index is 14.7. The van der Waals surface area contributed by atoms with Crippen LogP contribution >= 0.6 is 27.7 Å². The number of nitrogens with zero attached hydrogens (tertiary/aromatic N) is 3. The highest BCUT2D eigenvalue weighted by Gasteiger charge is 2.76. The van der Waals surface area contributed by atoms with E-state index in [1.165, 1.54) is 6.08 Å². The summed E-state index contributed by atoms with van der Waals surface area (Å²) >= 11 is 5.34. The number of morpholine rings is 1. The Hall–Kier alpha value is -2.18. The average Bonchev–Trinajstić information content (AvgIpc) is 3.59. The standard InChI is InChI=1S/C30H38BrN3O6S/c1-3-10-33(12-11-32-13-16-39-17-14-32)28(37)26-30-18-21(31)25(41-30)23(29(38)40-15-4-2)24(30)27(36)34(26)22(19-35)20-8-6-5-7-9-20/h3-9,21-26,35H,1-2,10-19H2/t21?,22-,23+,24+,25+,26?,30?/m1/s1. The largest absolute Gasteiger partial charge is 0.461 e. The zero-order valence-electron chi connectivity index (χ0n) is 23.1. The van der Waals surface area contributed by atoms with Gasteiger partial charge in [-0.2, -0.15) is 0 Å². The third-order valence-electron chi connectivity index (χ3n) is 8.72. The topological polar surface area (TPSA) is 99.6 Å². The molecule has 0 aliphatic carbocycles. The molecule has 0 radical (unpaired) electrons. The Kier molecular flexibility index (Phi) is 9.60. The maximum atomic E-state index is 14.7. The van der Waals surface area contributed by atoms with Gasteiger partial charge in [0.1, 0.15) is 12.6 Å². The van der Waals surface area contributed by atoms with Crippen molar-refractivity contribution in [2.75, 3.05) is 59.2 Å². The summed E-state index contributed by atoms with van der Waals surface area (Å²) < 4.78 is 10.1. The van der Waals surface area contributed by atoms with Crippen LogP contribution in [0.1, 0.15) is 18.0 Å². The number of aliphatic hydroxyl groups excluding tert-OH is 1. The van der Waals surface area contributed by atoms with E-state index in [0.717, 1.165) is 18.7 Å². The number of fused-ring (bicyclic) bond motifs is 1. The summed E-state index contributed by atoms with van der Waals surface area (Å²) in [6, 6.07) is 7.69. The number of alkyl halides is 1. The number of ether oxygens (including phenoxy) is 2. The zero-order chi connectivity index (χ0) is 29.1. The Balaban J connectivity index is 1.54. The highest BCUT2D eigenvalue weighted by Crippen LogP contribution is 2.68. The van der Waals surface area contributed by atoms with Gasteiger partial charge in [0, 0.05) is 42.8 Å². The van der Waals surface area contributed by atoms with Gasteiger partial charge < -0.3 is 24.4 Å². The Bertz CT molecular complexity index is 1150. The number of likely N-dealkylation sites (tertiary alicyclic amines) is 1. The normalized spacial score (nSPS) is 31.5. The lowest BCUT2D eigenvalue weighted by molar-refractivity contribution is -0.153. The fourth-order valence-corrected chi connectivity index (χ4v) is 10.5. The smallest absolute Gasteiger partial charge is 0.311 e. The number of carbonyl (C=O) groups is 3. The third kappa shape index (κ3) is 5.51. The molecule has 7 atom stereocenters. The second-order valence-electron chi connectivity index (χ2n) is 11.0. The highest BCUT2D eigenvalue weighted by molar-refractivity contribution is 9.09. The highest BCUT2D eigenvalue weighted by atomic mass is 79.9. The molecule has 2 amide bonds. The third-order valence-corrected chi connectivity index (χ3v) is 11.9. The van der Waals surface area contributed by atoms with E-state index in [1.54, 1.807) is 27.6 Å². The van der Waals surface area contributed by atoms with Crippen LogP contribution in [0.3, 0.4) is 0 Å². The average molecular weight is 649 g/mol. The first-order chi connectivity index (χ1) is 19.9. The monoisotopic (exact) mass is 647 g/mol. The Morgan fingerprint density at radius 1 is 1.24 bits per heavy atom. The van der Waals surface area contributed by atoms with Crippen LogP contribution in [-0.4, -0.2) is 118 Å². The second-order valence-corrected chi connectivity index (χ2v) is 13.7. The fourth-order valence-electron chi connectivity index (χ4n) is 6.93. The quantitative estimate of drug-likeness (QED) is 0.210. The van der Waals surface area contributed by atoms with E-state index in [1.807, 2.05) is 30.3 Å². The molecule has 222 valence electrons. The molecule has 41 heavy (non-hydrogen) atoms. The summed E-state index contributed by atoms with van der Waals surface area (Å²) in [5.74, 6) is -2.36. The first kappa shape index (κ1) is 30.3. The summed E-state index contributed by atoms with van der Waals surface area (Å²) in [4.78, 5) is 48.1. The number of carbonyl (C=O) groups excluding carboxylic acids is 3. The van der Waals surface area contributed by atoms with Crippen molar-refractivity contribution < 1.29 is 29.0 Å². The first-order valence-electron chi connectivity index (χ1n) is 14.1. The van der Waals surface area contributed by atoms with Crippen LogP contribution < -0.4 is 0 Å². The van der Waals surface area contributed by atoms with Gasteiger partial charge >= 0.3 is 5.97 Å². The zero-order valence-corrected chi connectivity index (χ0v) is 25.5. The lowest BCUT2D eigenvalue weighted by Crippen LogP contribution is -2.57. The van der Waals surface area contributed by atoms with Gasteiger partial charge in [0.25, 0.3) is 0 Å². The molecule has 5 rings (SSSR count). The molecule has 1 N–H and O–H groups in total. The molecule has 2 bridgehead atoms. The molecule has 4 heterocycles. The molecule has 9 nitrogen and oxygen atoms in total. The van der Waals surface area contributed by atoms with Crippen molar-refractivity contribution in [3.8, 4) is 0 Å². The number of halogens is 1. The van der Waals surface area contributed by atoms with E-state index in [2.05, 4.69) is 34.0 Å². The van der Waals surface area contributed by atoms with Crippen LogP contribution in [0.4, 0.5) is 0 Å². The van der Waals surface area contributed by atoms with Gasteiger partial charge in [-0.15, -0.1) is 18.3 Å². The van der Waals surface area contributed by atoms with Crippen LogP contribution in [0.5, 0.6) is 0 Å². The van der Waals surface area contributed by atoms with Crippen molar-refractivity contribution in [2.45, 2.75) is 33.3 Å². The summed E-state index contributed by atoms with van der Waals surface area (Å²) in [7, 11) is 0. The van der Waals surface area contributed by atoms with Crippen molar-refractivity contribution in [1.29, 1.82) is 0 Å². The van der Waals surface area contributed by atoms with Crippen molar-refractivity contribution >= 4 is 45.5 Å². The lowest BCUT2D eigenvalue weighted by Gasteiger charge is -2.40. The van der Waals surface area contributed by atoms with E-state index in [-0.39, 0.29) is 35.1 Å². The Morgan fingerprint density at radius 3 is 2.63 bits per heavy atom. The first-order valence-corrected chi connectivity index (χ1v) is 15.9. The molecule has 11 heteroatoms. The van der Waals surface area contributed by atoms with Crippen LogP contribution in [0.15, 0.2) is 55.6 Å². The molecule has 4 aliphatic heterocycles. The van der Waals surface area contributed by atoms with Gasteiger partial charge in [0.05, 0.1) is 42.4 Å². The van der Waals surface area contributed by atoms with Gasteiger partial charge in [-0.25, -0.2) is 0 Å². The molecule has 4 saturated heterocycles. The number of esters is 1. The number of amides is 2. The maximum Gasteiger partial charge on any atom is 0.311 e. The van der Waals surface area contributed by atoms with Gasteiger partial charge in [0.15, 0.2) is 0 Å². The van der Waals surface area contributed by atoms with E-state index in [4.69, 9.17) is 9.47 Å². The molecular weight excluding hydrogens is 610 g/mol. The molecule has 1 spiro atoms. The number of rotatable bonds is 12. The Labute approximate surface area is 254 Å². The van der Waals surface area contributed by atoms with Gasteiger partial charge in [0.2, 0.25) is 11.8 Å². The van der Waals surface area contributed by atoms with Crippen molar-refractivity contribution in [3.05, 3.63) is 61.2 Å². The van der Waals surface area contributed by atoms with E-state index < -0.39 is 34.6 Å². The van der Waals surface area contributed by atoms with Crippen LogP contribution in [0.2, 0.25) is 0 Å². The van der Waals surface area contributed by atoms with Gasteiger partial charge in [-0.05, 0) is 12.0 Å². The SMILES string of the molecule is C=CCOC(=O)[C@H]1[C@H]2C(=O)N([C@H](CO)c3ccccc3)C(C(=O)N(CC=C)CCN3CCOCC3)C23CC(Br)[C@@H]1S3. The number of benzene rings is 1. The van der Waals surface area contributed by atoms with Crippen molar-refractivity contribution in [2.24, 2.45) is 11.8 Å². The molecular formula is C30H38BrN3O6S. The molecule has 4 aliphatic rings. The van der Waals surface area contributed by atoms with Crippen molar-refractivity contribution in [3.63, 3.8) is 0 Å².